The fraction of sp³-hybridized carbons (Fsp3) is 0.750. The summed E-state index contributed by atoms with van der Waals surface area (Å²) in [5.74, 6) is -0.336. The van der Waals surface area contributed by atoms with Crippen molar-refractivity contribution in [2.45, 2.75) is 13.3 Å². The molecule has 0 aromatic heterocycles. The quantitative estimate of drug-likeness (QED) is 0.460. The van der Waals surface area contributed by atoms with E-state index >= 15 is 0 Å². The van der Waals surface area contributed by atoms with Crippen molar-refractivity contribution in [2.75, 3.05) is 26.7 Å². The number of hydrogen-bond donors (Lipinski definition) is 3. The zero-order valence-electron chi connectivity index (χ0n) is 8.14. The number of nitrogens with one attached hydrogen (secondary N) is 3. The van der Waals surface area contributed by atoms with Gasteiger partial charge < -0.3 is 16.0 Å². The molecule has 0 aliphatic heterocycles. The molecule has 13 heavy (non-hydrogen) atoms. The van der Waals surface area contributed by atoms with Gasteiger partial charge in [0.25, 0.3) is 0 Å². The van der Waals surface area contributed by atoms with Gasteiger partial charge in [-0.3, -0.25) is 9.59 Å². The van der Waals surface area contributed by atoms with E-state index in [1.807, 2.05) is 7.05 Å². The van der Waals surface area contributed by atoms with Crippen LogP contribution in [0.4, 0.5) is 0 Å². The summed E-state index contributed by atoms with van der Waals surface area (Å²) in [6.07, 6.45) is 0.891. The Balaban J connectivity index is 3.25. The molecule has 0 rings (SSSR count). The Morgan fingerprint density at radius 2 is 1.85 bits per heavy atom. The number of carbonyl (C=O) groups is 2. The van der Waals surface area contributed by atoms with Crippen LogP contribution in [0.2, 0.25) is 0 Å². The monoisotopic (exact) mass is 187 g/mol. The first-order valence-electron chi connectivity index (χ1n) is 4.32. The van der Waals surface area contributed by atoms with Crippen LogP contribution in [0.25, 0.3) is 0 Å². The summed E-state index contributed by atoms with van der Waals surface area (Å²) in [5.41, 5.74) is 0. The third kappa shape index (κ3) is 8.81. The lowest BCUT2D eigenvalue weighted by Crippen LogP contribution is -2.36. The first kappa shape index (κ1) is 11.9. The molecule has 0 aliphatic rings. The zero-order valence-corrected chi connectivity index (χ0v) is 8.14. The van der Waals surface area contributed by atoms with E-state index in [0.717, 1.165) is 13.0 Å². The summed E-state index contributed by atoms with van der Waals surface area (Å²) in [6.45, 7) is 2.96. The van der Waals surface area contributed by atoms with Crippen LogP contribution in [0.3, 0.4) is 0 Å². The predicted molar refractivity (Wildman–Crippen MR) is 50.2 cm³/mol. The van der Waals surface area contributed by atoms with E-state index in [1.54, 1.807) is 0 Å². The molecule has 0 aromatic carbocycles. The van der Waals surface area contributed by atoms with Gasteiger partial charge in [0.2, 0.25) is 11.8 Å². The molecule has 0 heterocycles. The smallest absolute Gasteiger partial charge is 0.239 e. The van der Waals surface area contributed by atoms with Crippen molar-refractivity contribution in [3.8, 4) is 0 Å². The van der Waals surface area contributed by atoms with Gasteiger partial charge in [-0.05, 0) is 20.0 Å². The third-order valence-corrected chi connectivity index (χ3v) is 1.42. The van der Waals surface area contributed by atoms with Crippen LogP contribution < -0.4 is 16.0 Å². The molecule has 0 fully saturated rings. The minimum atomic E-state index is -0.189. The SMILES string of the molecule is CNCCCNC(=O)CNC(C)=O. The van der Waals surface area contributed by atoms with Gasteiger partial charge in [-0.2, -0.15) is 0 Å². The molecule has 0 radical (unpaired) electrons. The molecule has 0 bridgehead atoms. The van der Waals surface area contributed by atoms with E-state index in [-0.39, 0.29) is 18.4 Å². The van der Waals surface area contributed by atoms with E-state index in [2.05, 4.69) is 16.0 Å². The summed E-state index contributed by atoms with van der Waals surface area (Å²) in [5, 5.41) is 8.07. The van der Waals surface area contributed by atoms with E-state index in [1.165, 1.54) is 6.92 Å². The fourth-order valence-corrected chi connectivity index (χ4v) is 0.760. The maximum absolute atomic E-state index is 11.0. The molecule has 0 aliphatic carbocycles. The van der Waals surface area contributed by atoms with Gasteiger partial charge in [0.05, 0.1) is 6.54 Å². The number of rotatable bonds is 6. The highest BCUT2D eigenvalue weighted by Crippen LogP contribution is 1.72. The van der Waals surface area contributed by atoms with Crippen LogP contribution in [0.15, 0.2) is 0 Å². The molecule has 3 N–H and O–H groups in total. The van der Waals surface area contributed by atoms with Crippen molar-refractivity contribution in [3.05, 3.63) is 0 Å². The largest absolute Gasteiger partial charge is 0.355 e. The van der Waals surface area contributed by atoms with Crippen molar-refractivity contribution < 1.29 is 9.59 Å². The van der Waals surface area contributed by atoms with E-state index in [4.69, 9.17) is 0 Å². The van der Waals surface area contributed by atoms with Crippen molar-refractivity contribution in [3.63, 3.8) is 0 Å². The summed E-state index contributed by atoms with van der Waals surface area (Å²) < 4.78 is 0. The Bertz CT molecular complexity index is 171. The van der Waals surface area contributed by atoms with Gasteiger partial charge in [-0.1, -0.05) is 0 Å². The summed E-state index contributed by atoms with van der Waals surface area (Å²) in [7, 11) is 1.86. The Kier molecular flexibility index (Phi) is 6.91. The molecule has 0 spiro atoms. The fourth-order valence-electron chi connectivity index (χ4n) is 0.760. The van der Waals surface area contributed by atoms with Gasteiger partial charge in [0.1, 0.15) is 0 Å². The van der Waals surface area contributed by atoms with E-state index in [9.17, 15) is 9.59 Å². The zero-order chi connectivity index (χ0) is 10.1. The van der Waals surface area contributed by atoms with Gasteiger partial charge in [0.15, 0.2) is 0 Å². The standard InChI is InChI=1S/C8H17N3O2/c1-7(12)11-6-8(13)10-5-3-4-9-2/h9H,3-6H2,1-2H3,(H,10,13)(H,11,12). The van der Waals surface area contributed by atoms with Crippen molar-refractivity contribution in [1.29, 1.82) is 0 Å². The molecule has 0 atom stereocenters. The molecule has 76 valence electrons. The van der Waals surface area contributed by atoms with Crippen LogP contribution in [0.5, 0.6) is 0 Å². The highest BCUT2D eigenvalue weighted by molar-refractivity contribution is 5.83. The molecule has 2 amide bonds. The first-order chi connectivity index (χ1) is 6.16. The highest BCUT2D eigenvalue weighted by atomic mass is 16.2. The third-order valence-electron chi connectivity index (χ3n) is 1.42. The molecule has 0 saturated heterocycles. The van der Waals surface area contributed by atoms with Gasteiger partial charge >= 0.3 is 0 Å². The molecule has 0 unspecified atom stereocenters. The minimum absolute atomic E-state index is 0.0644. The number of hydrogen-bond acceptors (Lipinski definition) is 3. The molecule has 0 aromatic rings. The Hall–Kier alpha value is -1.10. The summed E-state index contributed by atoms with van der Waals surface area (Å²) in [4.78, 5) is 21.4. The van der Waals surface area contributed by atoms with Crippen molar-refractivity contribution in [1.82, 2.24) is 16.0 Å². The average molecular weight is 187 g/mol. The Labute approximate surface area is 78.3 Å². The van der Waals surface area contributed by atoms with Crippen molar-refractivity contribution >= 4 is 11.8 Å². The first-order valence-corrected chi connectivity index (χ1v) is 4.32. The lowest BCUT2D eigenvalue weighted by Gasteiger charge is -2.04. The normalized spacial score (nSPS) is 9.38. The minimum Gasteiger partial charge on any atom is -0.355 e. The van der Waals surface area contributed by atoms with Crippen LogP contribution >= 0.6 is 0 Å². The molecule has 5 heteroatoms. The predicted octanol–water partition coefficient (Wildman–Crippen LogP) is -1.15. The lowest BCUT2D eigenvalue weighted by atomic mass is 10.4. The highest BCUT2D eigenvalue weighted by Gasteiger charge is 1.99. The topological polar surface area (TPSA) is 70.2 Å². The van der Waals surface area contributed by atoms with Crippen LogP contribution in [0, 0.1) is 0 Å². The molecule has 5 nitrogen and oxygen atoms in total. The maximum Gasteiger partial charge on any atom is 0.239 e. The Morgan fingerprint density at radius 1 is 1.15 bits per heavy atom. The second-order valence-electron chi connectivity index (χ2n) is 2.72. The molecule has 0 saturated carbocycles. The van der Waals surface area contributed by atoms with Crippen LogP contribution in [0.1, 0.15) is 13.3 Å². The van der Waals surface area contributed by atoms with Crippen molar-refractivity contribution in [2.24, 2.45) is 0 Å². The van der Waals surface area contributed by atoms with Gasteiger partial charge in [0, 0.05) is 13.5 Å². The van der Waals surface area contributed by atoms with Gasteiger partial charge in [-0.25, -0.2) is 0 Å². The lowest BCUT2D eigenvalue weighted by molar-refractivity contribution is -0.125. The Morgan fingerprint density at radius 3 is 2.38 bits per heavy atom. The summed E-state index contributed by atoms with van der Waals surface area (Å²) >= 11 is 0. The average Bonchev–Trinajstić information content (AvgIpc) is 2.09. The number of amides is 2. The molecular weight excluding hydrogens is 170 g/mol. The maximum atomic E-state index is 11.0. The van der Waals surface area contributed by atoms with Crippen LogP contribution in [-0.4, -0.2) is 38.5 Å². The van der Waals surface area contributed by atoms with E-state index in [0.29, 0.717) is 6.54 Å². The summed E-state index contributed by atoms with van der Waals surface area (Å²) in [6, 6.07) is 0. The van der Waals surface area contributed by atoms with Gasteiger partial charge in [-0.15, -0.1) is 0 Å². The number of carbonyl (C=O) groups excluding carboxylic acids is 2. The second-order valence-corrected chi connectivity index (χ2v) is 2.72. The van der Waals surface area contributed by atoms with Crippen LogP contribution in [-0.2, 0) is 9.59 Å². The second kappa shape index (κ2) is 7.54. The molecular formula is C8H17N3O2. The van der Waals surface area contributed by atoms with E-state index < -0.39 is 0 Å².